The highest BCUT2D eigenvalue weighted by atomic mass is 16.8. The molecule has 4 aliphatic heterocycles. The zero-order valence-electron chi connectivity index (χ0n) is 22.4. The van der Waals surface area contributed by atoms with E-state index >= 15 is 0 Å². The molecule has 0 aliphatic carbocycles. The maximum absolute atomic E-state index is 13.0. The lowest BCUT2D eigenvalue weighted by atomic mass is 9.84. The first kappa shape index (κ1) is 28.4. The van der Waals surface area contributed by atoms with Crippen LogP contribution < -0.4 is 5.32 Å². The molecular weight excluding hydrogens is 528 g/mol. The van der Waals surface area contributed by atoms with Crippen LogP contribution in [0.4, 0.5) is 16.2 Å². The van der Waals surface area contributed by atoms with Crippen molar-refractivity contribution in [1.82, 2.24) is 0 Å². The molecule has 1 aromatic rings. The van der Waals surface area contributed by atoms with Gasteiger partial charge in [0.2, 0.25) is 5.79 Å². The van der Waals surface area contributed by atoms with E-state index in [0.717, 1.165) is 19.3 Å². The molecule has 40 heavy (non-hydrogen) atoms. The van der Waals surface area contributed by atoms with Gasteiger partial charge in [-0.1, -0.05) is 19.8 Å². The van der Waals surface area contributed by atoms with E-state index in [9.17, 15) is 24.5 Å². The Morgan fingerprint density at radius 3 is 2.45 bits per heavy atom. The molecule has 4 aliphatic rings. The molecule has 2 bridgehead atoms. The average molecular weight is 563 g/mol. The highest BCUT2D eigenvalue weighted by Crippen LogP contribution is 2.53. The van der Waals surface area contributed by atoms with Crippen molar-refractivity contribution >= 4 is 29.2 Å². The van der Waals surface area contributed by atoms with Gasteiger partial charge in [0.15, 0.2) is 6.10 Å². The minimum atomic E-state index is -1.54. The number of non-ortho nitro benzene ring substituents is 1. The maximum atomic E-state index is 13.0. The average Bonchev–Trinajstić information content (AvgIpc) is 3.44. The molecule has 1 amide bonds. The third-order valence-electron chi connectivity index (χ3n) is 7.88. The van der Waals surface area contributed by atoms with E-state index in [4.69, 9.17) is 28.4 Å². The summed E-state index contributed by atoms with van der Waals surface area (Å²) in [7, 11) is 1.33. The number of methoxy groups -OCH3 is 1. The summed E-state index contributed by atoms with van der Waals surface area (Å²) in [5.74, 6) is -1.99. The number of Topliss-reactive ketones (excluding diaryl/α,β-unsaturated/α-hetero) is 1. The van der Waals surface area contributed by atoms with Crippen molar-refractivity contribution in [3.05, 3.63) is 34.4 Å². The smallest absolute Gasteiger partial charge is 0.412 e. The quantitative estimate of drug-likeness (QED) is 0.182. The Hall–Kier alpha value is -3.13. The van der Waals surface area contributed by atoms with Gasteiger partial charge in [-0.2, -0.15) is 0 Å². The molecule has 218 valence electrons. The number of nitro benzene ring substituents is 1. The summed E-state index contributed by atoms with van der Waals surface area (Å²) in [6, 6.07) is 5.31. The number of ketones is 1. The molecular formula is C27H34N2O11. The van der Waals surface area contributed by atoms with Crippen LogP contribution in [-0.4, -0.2) is 78.4 Å². The topological polar surface area (TPSA) is 162 Å². The predicted octanol–water partition coefficient (Wildman–Crippen LogP) is 3.42. The summed E-state index contributed by atoms with van der Waals surface area (Å²) in [5.41, 5.74) is 0.180. The van der Waals surface area contributed by atoms with Gasteiger partial charge in [-0.3, -0.25) is 25.0 Å². The number of carbonyl (C=O) groups excluding carboxylic acids is 3. The molecule has 0 unspecified atom stereocenters. The van der Waals surface area contributed by atoms with Crippen LogP contribution in [0.5, 0.6) is 0 Å². The highest BCUT2D eigenvalue weighted by molar-refractivity contribution is 5.85. The number of rotatable bonds is 11. The Balaban J connectivity index is 1.32. The summed E-state index contributed by atoms with van der Waals surface area (Å²) in [4.78, 5) is 48.1. The molecule has 0 saturated carbocycles. The predicted molar refractivity (Wildman–Crippen MR) is 136 cm³/mol. The van der Waals surface area contributed by atoms with Crippen LogP contribution in [0, 0.1) is 10.1 Å². The normalized spacial score (nSPS) is 33.6. The van der Waals surface area contributed by atoms with Gasteiger partial charge in [-0.25, -0.2) is 4.79 Å². The summed E-state index contributed by atoms with van der Waals surface area (Å²) in [6.07, 6.45) is -0.900. The summed E-state index contributed by atoms with van der Waals surface area (Å²) < 4.78 is 35.8. The molecule has 4 heterocycles. The molecule has 13 heteroatoms. The molecule has 13 nitrogen and oxygen atoms in total. The minimum Gasteiger partial charge on any atom is -0.469 e. The number of nitro groups is 1. The summed E-state index contributed by atoms with van der Waals surface area (Å²) in [5, 5.41) is 13.5. The van der Waals surface area contributed by atoms with Crippen LogP contribution in [0.1, 0.15) is 58.3 Å². The second-order valence-electron chi connectivity index (χ2n) is 10.6. The van der Waals surface area contributed by atoms with Crippen LogP contribution in [0.2, 0.25) is 0 Å². The van der Waals surface area contributed by atoms with E-state index in [1.165, 1.54) is 31.4 Å². The largest absolute Gasteiger partial charge is 0.469 e. The number of carbonyl (C=O) groups is 3. The zero-order valence-corrected chi connectivity index (χ0v) is 22.4. The van der Waals surface area contributed by atoms with Gasteiger partial charge in [0, 0.05) is 24.2 Å². The summed E-state index contributed by atoms with van der Waals surface area (Å²) >= 11 is 0. The number of hydrogen-bond acceptors (Lipinski definition) is 11. The van der Waals surface area contributed by atoms with E-state index in [2.05, 4.69) is 5.32 Å². The number of nitrogens with one attached hydrogen (secondary N) is 1. The van der Waals surface area contributed by atoms with Crippen molar-refractivity contribution in [2.24, 2.45) is 0 Å². The lowest BCUT2D eigenvalue weighted by Gasteiger charge is -2.49. The van der Waals surface area contributed by atoms with Gasteiger partial charge < -0.3 is 28.4 Å². The van der Waals surface area contributed by atoms with Gasteiger partial charge in [-0.05, 0) is 31.4 Å². The van der Waals surface area contributed by atoms with Gasteiger partial charge in [0.1, 0.15) is 30.2 Å². The monoisotopic (exact) mass is 562 g/mol. The zero-order chi connectivity index (χ0) is 28.4. The fraction of sp³-hybridized carbons (Fsp3) is 0.667. The van der Waals surface area contributed by atoms with E-state index < -0.39 is 47.3 Å². The van der Waals surface area contributed by atoms with Gasteiger partial charge in [-0.15, -0.1) is 0 Å². The van der Waals surface area contributed by atoms with Gasteiger partial charge >= 0.3 is 12.1 Å². The first-order valence-electron chi connectivity index (χ1n) is 13.7. The van der Waals surface area contributed by atoms with E-state index in [-0.39, 0.29) is 42.5 Å². The number of amides is 1. The van der Waals surface area contributed by atoms with Crippen LogP contribution in [0.15, 0.2) is 24.3 Å². The van der Waals surface area contributed by atoms with Crippen LogP contribution in [-0.2, 0) is 38.0 Å². The number of nitrogens with zero attached hydrogens (tertiary/aromatic N) is 1. The second-order valence-corrected chi connectivity index (χ2v) is 10.6. The standard InChI is InChI=1S/C27H34N2O11/c1-3-4-5-6-17(30)14-27-25(38-26(32)28-15-7-9-16(10-8-15)29(33)34)24-23(40-27)22(39-27)21-19(37-24)12-11-18(36-21)13-20(31)35-2/h7-10,18-19,21-25H,3-6,11-14H2,1-2H3,(H,28,32)/t18-,19+,21+,22+,23+,24-,25-,27+/m1/s1. The van der Waals surface area contributed by atoms with Gasteiger partial charge in [0.25, 0.3) is 5.69 Å². The lowest BCUT2D eigenvalue weighted by Crippen LogP contribution is -2.66. The summed E-state index contributed by atoms with van der Waals surface area (Å²) in [6.45, 7) is 2.05. The Kier molecular flexibility index (Phi) is 8.36. The minimum absolute atomic E-state index is 0.0804. The highest BCUT2D eigenvalue weighted by Gasteiger charge is 2.73. The second kappa shape index (κ2) is 11.8. The van der Waals surface area contributed by atoms with Crippen molar-refractivity contribution < 1.29 is 47.7 Å². The molecule has 4 saturated heterocycles. The number of hydrogen-bond donors (Lipinski definition) is 1. The number of esters is 1. The first-order chi connectivity index (χ1) is 19.2. The Morgan fingerprint density at radius 1 is 1.05 bits per heavy atom. The van der Waals surface area contributed by atoms with Crippen LogP contribution in [0.3, 0.4) is 0 Å². The van der Waals surface area contributed by atoms with Crippen LogP contribution >= 0.6 is 0 Å². The Labute approximate surface area is 230 Å². The number of ether oxygens (including phenoxy) is 6. The third kappa shape index (κ3) is 5.69. The molecule has 0 radical (unpaired) electrons. The van der Waals surface area contributed by atoms with Gasteiger partial charge in [0.05, 0.1) is 37.1 Å². The Bertz CT molecular complexity index is 1130. The van der Waals surface area contributed by atoms with Crippen molar-refractivity contribution in [2.75, 3.05) is 12.4 Å². The number of anilines is 1. The van der Waals surface area contributed by atoms with E-state index in [1.54, 1.807) is 0 Å². The fourth-order valence-corrected chi connectivity index (χ4v) is 5.99. The molecule has 0 spiro atoms. The van der Waals surface area contributed by atoms with E-state index in [0.29, 0.717) is 24.9 Å². The van der Waals surface area contributed by atoms with Crippen molar-refractivity contribution in [3.63, 3.8) is 0 Å². The fourth-order valence-electron chi connectivity index (χ4n) is 5.99. The lowest BCUT2D eigenvalue weighted by molar-refractivity contribution is -0.384. The number of unbranched alkanes of at least 4 members (excludes halogenated alkanes) is 2. The van der Waals surface area contributed by atoms with E-state index in [1.807, 2.05) is 6.92 Å². The molecule has 8 atom stereocenters. The molecule has 1 aromatic carbocycles. The molecule has 4 fully saturated rings. The SMILES string of the molecule is CCCCCC(=O)C[C@]12O[C@@H]3[C@H](O1)[C@@H](O[C@H]1CC[C@H](CC(=O)OC)O[C@H]31)[C@H]2OC(=O)Nc1ccc([N+](=O)[O-])cc1. The molecule has 5 rings (SSSR count). The maximum Gasteiger partial charge on any atom is 0.412 e. The van der Waals surface area contributed by atoms with Crippen molar-refractivity contribution in [2.45, 2.75) is 107 Å². The number of benzene rings is 1. The first-order valence-corrected chi connectivity index (χ1v) is 13.7. The van der Waals surface area contributed by atoms with Crippen molar-refractivity contribution in [3.8, 4) is 0 Å². The van der Waals surface area contributed by atoms with Crippen molar-refractivity contribution in [1.29, 1.82) is 0 Å². The van der Waals surface area contributed by atoms with Crippen LogP contribution in [0.25, 0.3) is 0 Å². The molecule has 0 aromatic heterocycles. The Morgan fingerprint density at radius 2 is 1.77 bits per heavy atom. The third-order valence-corrected chi connectivity index (χ3v) is 7.88. The number of fused-ring (bicyclic) bond motifs is 3. The molecule has 1 N–H and O–H groups in total.